The monoisotopic (exact) mass is 346 g/mol. The van der Waals surface area contributed by atoms with Crippen LogP contribution in [0.3, 0.4) is 0 Å². The molecule has 1 aromatic heterocycles. The Morgan fingerprint density at radius 3 is 2.88 bits per heavy atom. The average molecular weight is 347 g/mol. The van der Waals surface area contributed by atoms with E-state index in [1.54, 1.807) is 11.8 Å². The van der Waals surface area contributed by atoms with Crippen molar-refractivity contribution in [1.29, 1.82) is 0 Å². The topological polar surface area (TPSA) is 59.0 Å². The Bertz CT molecular complexity index is 706. The summed E-state index contributed by atoms with van der Waals surface area (Å²) in [6.07, 6.45) is 4.28. The molecule has 1 amide bonds. The molecule has 5 nitrogen and oxygen atoms in total. The minimum atomic E-state index is 0.0697. The Morgan fingerprint density at radius 2 is 2.12 bits per heavy atom. The van der Waals surface area contributed by atoms with Gasteiger partial charge in [-0.2, -0.15) is 11.8 Å². The highest BCUT2D eigenvalue weighted by Crippen LogP contribution is 2.26. The number of aromatic nitrogens is 2. The predicted molar refractivity (Wildman–Crippen MR) is 100 cm³/mol. The van der Waals surface area contributed by atoms with E-state index >= 15 is 0 Å². The van der Waals surface area contributed by atoms with Gasteiger partial charge in [0.25, 0.3) is 0 Å². The van der Waals surface area contributed by atoms with Crippen LogP contribution in [0.1, 0.15) is 25.6 Å². The lowest BCUT2D eigenvalue weighted by atomic mass is 9.81. The van der Waals surface area contributed by atoms with Crippen LogP contribution in [0, 0.1) is 5.41 Å². The molecular formula is C18H26N4OS. The third-order valence-electron chi connectivity index (χ3n) is 4.83. The maximum atomic E-state index is 12.5. The number of rotatable bonds is 6. The van der Waals surface area contributed by atoms with E-state index in [9.17, 15) is 4.79 Å². The molecule has 0 bridgehead atoms. The van der Waals surface area contributed by atoms with Crippen LogP contribution >= 0.6 is 11.8 Å². The second-order valence-corrected chi connectivity index (χ2v) is 7.74. The fourth-order valence-corrected chi connectivity index (χ4v) is 3.74. The van der Waals surface area contributed by atoms with Crippen LogP contribution in [0.4, 0.5) is 0 Å². The number of carbonyl (C=O) groups excluding carboxylic acids is 1. The first kappa shape index (κ1) is 17.3. The van der Waals surface area contributed by atoms with E-state index in [1.165, 1.54) is 0 Å². The maximum Gasteiger partial charge on any atom is 0.240 e. The first-order valence-electron chi connectivity index (χ1n) is 8.52. The highest BCUT2D eigenvalue weighted by atomic mass is 32.2. The van der Waals surface area contributed by atoms with Crippen LogP contribution in [0.2, 0.25) is 0 Å². The van der Waals surface area contributed by atoms with Crippen molar-refractivity contribution in [3.63, 3.8) is 0 Å². The number of carbonyl (C=O) groups is 1. The van der Waals surface area contributed by atoms with Gasteiger partial charge in [0.1, 0.15) is 12.4 Å². The lowest BCUT2D eigenvalue weighted by Gasteiger charge is -2.34. The molecule has 2 heterocycles. The normalized spacial score (nSPS) is 17.1. The zero-order chi connectivity index (χ0) is 17.0. The van der Waals surface area contributed by atoms with Crippen molar-refractivity contribution in [2.75, 3.05) is 25.9 Å². The molecule has 0 saturated carbocycles. The fourth-order valence-electron chi connectivity index (χ4n) is 3.26. The third-order valence-corrected chi connectivity index (χ3v) is 5.38. The minimum absolute atomic E-state index is 0.0697. The zero-order valence-electron chi connectivity index (χ0n) is 14.5. The first-order chi connectivity index (χ1) is 11.6. The number of imidazole rings is 1. The van der Waals surface area contributed by atoms with Gasteiger partial charge in [-0.15, -0.1) is 0 Å². The van der Waals surface area contributed by atoms with Crippen molar-refractivity contribution in [3.8, 4) is 0 Å². The molecule has 3 rings (SSSR count). The summed E-state index contributed by atoms with van der Waals surface area (Å²) in [7, 11) is 0. The molecule has 1 saturated heterocycles. The molecule has 0 atom stereocenters. The molecule has 1 aliphatic heterocycles. The summed E-state index contributed by atoms with van der Waals surface area (Å²) in [5, 5.41) is 6.52. The largest absolute Gasteiger partial charge is 0.354 e. The van der Waals surface area contributed by atoms with Crippen molar-refractivity contribution >= 4 is 28.7 Å². The van der Waals surface area contributed by atoms with Gasteiger partial charge < -0.3 is 15.2 Å². The number of piperidine rings is 1. The van der Waals surface area contributed by atoms with E-state index in [1.807, 2.05) is 28.8 Å². The van der Waals surface area contributed by atoms with Gasteiger partial charge in [0.2, 0.25) is 5.91 Å². The van der Waals surface area contributed by atoms with E-state index in [0.29, 0.717) is 6.54 Å². The van der Waals surface area contributed by atoms with Crippen LogP contribution < -0.4 is 10.6 Å². The first-order valence-corrected chi connectivity index (χ1v) is 9.91. The second-order valence-electron chi connectivity index (χ2n) is 6.87. The lowest BCUT2D eigenvalue weighted by Crippen LogP contribution is -2.43. The van der Waals surface area contributed by atoms with Gasteiger partial charge in [0.05, 0.1) is 16.8 Å². The van der Waals surface area contributed by atoms with E-state index < -0.39 is 0 Å². The number of amides is 1. The number of fused-ring (bicyclic) bond motifs is 1. The second kappa shape index (κ2) is 7.57. The Morgan fingerprint density at radius 1 is 1.38 bits per heavy atom. The number of hydrogen-bond donors (Lipinski definition) is 2. The molecule has 2 aromatic rings. The molecule has 0 spiro atoms. The number of nitrogens with one attached hydrogen (secondary N) is 2. The van der Waals surface area contributed by atoms with Crippen LogP contribution in [-0.4, -0.2) is 41.3 Å². The quantitative estimate of drug-likeness (QED) is 0.843. The molecule has 0 unspecified atom stereocenters. The molecule has 1 aromatic carbocycles. The average Bonchev–Trinajstić information content (AvgIpc) is 2.92. The van der Waals surface area contributed by atoms with Gasteiger partial charge in [-0.05, 0) is 49.7 Å². The van der Waals surface area contributed by atoms with Crippen LogP contribution in [0.25, 0.3) is 11.0 Å². The predicted octanol–water partition coefficient (Wildman–Crippen LogP) is 2.41. The number of benzene rings is 1. The molecule has 24 heavy (non-hydrogen) atoms. The Kier molecular flexibility index (Phi) is 5.46. The summed E-state index contributed by atoms with van der Waals surface area (Å²) in [6.45, 7) is 5.43. The van der Waals surface area contributed by atoms with Crippen LogP contribution in [0.15, 0.2) is 24.3 Å². The standard InChI is InChI=1S/C18H26N4OS/c1-18(7-9-19-10-8-18)13-20-17(23)11-22-15-6-4-3-5-14(15)21-16(22)12-24-2/h3-6,19H,7-13H2,1-2H3,(H,20,23). The zero-order valence-corrected chi connectivity index (χ0v) is 15.3. The van der Waals surface area contributed by atoms with E-state index in [-0.39, 0.29) is 11.3 Å². The molecule has 130 valence electrons. The third kappa shape index (κ3) is 3.92. The minimum Gasteiger partial charge on any atom is -0.354 e. The van der Waals surface area contributed by atoms with Gasteiger partial charge in [-0.25, -0.2) is 4.98 Å². The van der Waals surface area contributed by atoms with Gasteiger partial charge in [-0.1, -0.05) is 19.1 Å². The molecule has 6 heteroatoms. The fraction of sp³-hybridized carbons (Fsp3) is 0.556. The molecule has 0 aliphatic carbocycles. The highest BCUT2D eigenvalue weighted by molar-refractivity contribution is 7.97. The number of nitrogens with zero attached hydrogens (tertiary/aromatic N) is 2. The maximum absolute atomic E-state index is 12.5. The Labute approximate surface area is 147 Å². The van der Waals surface area contributed by atoms with Gasteiger partial charge >= 0.3 is 0 Å². The number of thioether (sulfide) groups is 1. The molecule has 0 radical (unpaired) electrons. The van der Waals surface area contributed by atoms with Crippen molar-refractivity contribution in [3.05, 3.63) is 30.1 Å². The summed E-state index contributed by atoms with van der Waals surface area (Å²) in [5.74, 6) is 1.85. The van der Waals surface area contributed by atoms with Gasteiger partial charge in [0.15, 0.2) is 0 Å². The van der Waals surface area contributed by atoms with E-state index in [0.717, 1.165) is 55.1 Å². The lowest BCUT2D eigenvalue weighted by molar-refractivity contribution is -0.122. The van der Waals surface area contributed by atoms with Crippen molar-refractivity contribution in [2.24, 2.45) is 5.41 Å². The van der Waals surface area contributed by atoms with Crippen LogP contribution in [0.5, 0.6) is 0 Å². The van der Waals surface area contributed by atoms with Crippen molar-refractivity contribution in [2.45, 2.75) is 32.1 Å². The van der Waals surface area contributed by atoms with Crippen molar-refractivity contribution < 1.29 is 4.79 Å². The van der Waals surface area contributed by atoms with Crippen molar-refractivity contribution in [1.82, 2.24) is 20.2 Å². The summed E-state index contributed by atoms with van der Waals surface area (Å²) in [6, 6.07) is 8.02. The Balaban J connectivity index is 1.69. The van der Waals surface area contributed by atoms with Crippen LogP contribution in [-0.2, 0) is 17.1 Å². The molecule has 2 N–H and O–H groups in total. The molecule has 1 fully saturated rings. The van der Waals surface area contributed by atoms with E-state index in [4.69, 9.17) is 0 Å². The van der Waals surface area contributed by atoms with Gasteiger partial charge in [0, 0.05) is 6.54 Å². The Hall–Kier alpha value is -1.53. The SMILES string of the molecule is CSCc1nc2ccccc2n1CC(=O)NCC1(C)CCNCC1. The summed E-state index contributed by atoms with van der Waals surface area (Å²) < 4.78 is 2.05. The summed E-state index contributed by atoms with van der Waals surface area (Å²) in [4.78, 5) is 17.2. The number of hydrogen-bond acceptors (Lipinski definition) is 4. The summed E-state index contributed by atoms with van der Waals surface area (Å²) in [5.41, 5.74) is 2.20. The molecular weight excluding hydrogens is 320 g/mol. The smallest absolute Gasteiger partial charge is 0.240 e. The highest BCUT2D eigenvalue weighted by Gasteiger charge is 2.27. The van der Waals surface area contributed by atoms with Gasteiger partial charge in [-0.3, -0.25) is 4.79 Å². The number of para-hydroxylation sites is 2. The molecule has 1 aliphatic rings. The van der Waals surface area contributed by atoms with E-state index in [2.05, 4.69) is 28.8 Å². The summed E-state index contributed by atoms with van der Waals surface area (Å²) >= 11 is 1.72.